The summed E-state index contributed by atoms with van der Waals surface area (Å²) in [6.45, 7) is 5.85. The molecule has 0 saturated heterocycles. The fourth-order valence-corrected chi connectivity index (χ4v) is 1.99. The van der Waals surface area contributed by atoms with Gasteiger partial charge in [-0.1, -0.05) is 26.2 Å². The fourth-order valence-electron chi connectivity index (χ4n) is 1.99. The van der Waals surface area contributed by atoms with Gasteiger partial charge in [-0.2, -0.15) is 0 Å². The van der Waals surface area contributed by atoms with Crippen molar-refractivity contribution in [2.75, 3.05) is 39.9 Å². The lowest BCUT2D eigenvalue weighted by Gasteiger charge is -2.16. The van der Waals surface area contributed by atoms with Crippen LogP contribution in [-0.4, -0.2) is 61.8 Å². The van der Waals surface area contributed by atoms with E-state index in [1.807, 2.05) is 0 Å². The minimum Gasteiger partial charge on any atom is -0.481 e. The van der Waals surface area contributed by atoms with Gasteiger partial charge in [0.15, 0.2) is 0 Å². The maximum atomic E-state index is 11.4. The Kier molecular flexibility index (Phi) is 14.0. The molecule has 0 unspecified atom stereocenters. The monoisotopic (exact) mass is 316 g/mol. The Morgan fingerprint density at radius 3 is 2.50 bits per heavy atom. The Bertz CT molecular complexity index is 298. The molecule has 0 heterocycles. The van der Waals surface area contributed by atoms with E-state index in [1.54, 1.807) is 0 Å². The summed E-state index contributed by atoms with van der Waals surface area (Å²) in [5, 5.41) is 11.2. The van der Waals surface area contributed by atoms with Crippen molar-refractivity contribution < 1.29 is 19.4 Å². The van der Waals surface area contributed by atoms with Gasteiger partial charge in [0.2, 0.25) is 5.91 Å². The molecular formula is C16H32N2O4. The summed E-state index contributed by atoms with van der Waals surface area (Å²) in [5.74, 6) is -0.979. The molecule has 22 heavy (non-hydrogen) atoms. The Morgan fingerprint density at radius 1 is 1.05 bits per heavy atom. The number of hydrogen-bond acceptors (Lipinski definition) is 4. The van der Waals surface area contributed by atoms with Crippen LogP contribution in [0, 0.1) is 0 Å². The number of carbonyl (C=O) groups excluding carboxylic acids is 1. The quantitative estimate of drug-likeness (QED) is 0.451. The summed E-state index contributed by atoms with van der Waals surface area (Å²) in [7, 11) is 2.10. The van der Waals surface area contributed by atoms with Gasteiger partial charge in [-0.05, 0) is 26.4 Å². The van der Waals surface area contributed by atoms with Gasteiger partial charge in [-0.25, -0.2) is 0 Å². The van der Waals surface area contributed by atoms with Gasteiger partial charge < -0.3 is 20.1 Å². The summed E-state index contributed by atoms with van der Waals surface area (Å²) in [5.41, 5.74) is 0. The lowest BCUT2D eigenvalue weighted by Crippen LogP contribution is -2.29. The molecule has 6 nitrogen and oxygen atoms in total. The van der Waals surface area contributed by atoms with Gasteiger partial charge in [0.1, 0.15) is 0 Å². The third-order valence-corrected chi connectivity index (χ3v) is 3.37. The zero-order chi connectivity index (χ0) is 16.6. The predicted octanol–water partition coefficient (Wildman–Crippen LogP) is 1.89. The second-order valence-corrected chi connectivity index (χ2v) is 5.57. The molecule has 130 valence electrons. The van der Waals surface area contributed by atoms with Crippen LogP contribution < -0.4 is 5.32 Å². The standard InChI is InChI=1S/C16H32N2O4/c1-3-4-5-6-11-18(2)12-14-22-13-10-17-15(19)8-7-9-16(20)21/h3-14H2,1-2H3,(H,17,19)(H,20,21). The van der Waals surface area contributed by atoms with E-state index < -0.39 is 5.97 Å². The number of hydrogen-bond donors (Lipinski definition) is 2. The number of ether oxygens (including phenoxy) is 1. The van der Waals surface area contributed by atoms with Gasteiger partial charge in [-0.15, -0.1) is 0 Å². The average Bonchev–Trinajstić information content (AvgIpc) is 2.47. The first-order chi connectivity index (χ1) is 10.6. The minimum absolute atomic E-state index is 0.0362. The van der Waals surface area contributed by atoms with Crippen LogP contribution in [0.3, 0.4) is 0 Å². The predicted molar refractivity (Wildman–Crippen MR) is 87.0 cm³/mol. The van der Waals surface area contributed by atoms with Gasteiger partial charge in [0.05, 0.1) is 13.2 Å². The molecule has 0 aromatic carbocycles. The van der Waals surface area contributed by atoms with Crippen LogP contribution in [0.15, 0.2) is 0 Å². The average molecular weight is 316 g/mol. The highest BCUT2D eigenvalue weighted by Crippen LogP contribution is 1.99. The van der Waals surface area contributed by atoms with E-state index in [-0.39, 0.29) is 18.7 Å². The summed E-state index contributed by atoms with van der Waals surface area (Å²) in [6, 6.07) is 0. The highest BCUT2D eigenvalue weighted by atomic mass is 16.5. The van der Waals surface area contributed by atoms with E-state index in [1.165, 1.54) is 25.7 Å². The number of nitrogens with one attached hydrogen (secondary N) is 1. The maximum Gasteiger partial charge on any atom is 0.303 e. The van der Waals surface area contributed by atoms with E-state index in [9.17, 15) is 9.59 Å². The summed E-state index contributed by atoms with van der Waals surface area (Å²) in [6.07, 6.45) is 5.75. The Labute approximate surface area is 134 Å². The molecule has 0 atom stereocenters. The van der Waals surface area contributed by atoms with Crippen LogP contribution in [0.4, 0.5) is 0 Å². The molecule has 0 spiro atoms. The molecule has 0 aromatic rings. The van der Waals surface area contributed by atoms with E-state index in [2.05, 4.69) is 24.2 Å². The number of nitrogens with zero attached hydrogens (tertiary/aromatic N) is 1. The zero-order valence-electron chi connectivity index (χ0n) is 14.1. The molecular weight excluding hydrogens is 284 g/mol. The molecule has 6 heteroatoms. The highest BCUT2D eigenvalue weighted by Gasteiger charge is 2.03. The number of carbonyl (C=O) groups is 2. The molecule has 1 amide bonds. The number of rotatable bonds is 15. The van der Waals surface area contributed by atoms with Gasteiger partial charge in [-0.3, -0.25) is 9.59 Å². The summed E-state index contributed by atoms with van der Waals surface area (Å²) >= 11 is 0. The lowest BCUT2D eigenvalue weighted by atomic mass is 10.2. The largest absolute Gasteiger partial charge is 0.481 e. The number of amides is 1. The van der Waals surface area contributed by atoms with E-state index in [0.717, 1.165) is 13.1 Å². The number of carboxylic acid groups (broad SMARTS) is 1. The first-order valence-electron chi connectivity index (χ1n) is 8.31. The molecule has 2 N–H and O–H groups in total. The minimum atomic E-state index is -0.866. The number of aliphatic carboxylic acids is 1. The zero-order valence-corrected chi connectivity index (χ0v) is 14.1. The Hall–Kier alpha value is -1.14. The maximum absolute atomic E-state index is 11.4. The first kappa shape index (κ1) is 20.9. The molecule has 0 aromatic heterocycles. The number of unbranched alkanes of at least 4 members (excludes halogenated alkanes) is 3. The van der Waals surface area contributed by atoms with Crippen molar-refractivity contribution in [3.8, 4) is 0 Å². The van der Waals surface area contributed by atoms with Crippen LogP contribution in [0.2, 0.25) is 0 Å². The normalized spacial score (nSPS) is 10.9. The lowest BCUT2D eigenvalue weighted by molar-refractivity contribution is -0.137. The van der Waals surface area contributed by atoms with Crippen molar-refractivity contribution in [3.63, 3.8) is 0 Å². The van der Waals surface area contributed by atoms with Crippen molar-refractivity contribution in [2.24, 2.45) is 0 Å². The van der Waals surface area contributed by atoms with Crippen molar-refractivity contribution in [1.82, 2.24) is 10.2 Å². The topological polar surface area (TPSA) is 78.9 Å². The Balaban J connectivity index is 3.31. The number of carboxylic acids is 1. The molecule has 0 rings (SSSR count). The van der Waals surface area contributed by atoms with E-state index in [4.69, 9.17) is 9.84 Å². The summed E-state index contributed by atoms with van der Waals surface area (Å²) < 4.78 is 5.47. The van der Waals surface area contributed by atoms with Crippen LogP contribution in [0.5, 0.6) is 0 Å². The fraction of sp³-hybridized carbons (Fsp3) is 0.875. The van der Waals surface area contributed by atoms with Gasteiger partial charge in [0, 0.05) is 25.9 Å². The van der Waals surface area contributed by atoms with Crippen molar-refractivity contribution in [1.29, 1.82) is 0 Å². The molecule has 0 fully saturated rings. The third-order valence-electron chi connectivity index (χ3n) is 3.37. The van der Waals surface area contributed by atoms with Crippen molar-refractivity contribution >= 4 is 11.9 Å². The highest BCUT2D eigenvalue weighted by molar-refractivity contribution is 5.76. The molecule has 0 radical (unpaired) electrons. The van der Waals surface area contributed by atoms with E-state index in [0.29, 0.717) is 26.2 Å². The van der Waals surface area contributed by atoms with Crippen LogP contribution in [0.1, 0.15) is 51.9 Å². The second-order valence-electron chi connectivity index (χ2n) is 5.57. The SMILES string of the molecule is CCCCCCN(C)CCOCCNC(=O)CCCC(=O)O. The molecule has 0 aliphatic heterocycles. The summed E-state index contributed by atoms with van der Waals surface area (Å²) in [4.78, 5) is 23.9. The molecule has 0 aliphatic carbocycles. The second kappa shape index (κ2) is 14.8. The smallest absolute Gasteiger partial charge is 0.303 e. The molecule has 0 aliphatic rings. The van der Waals surface area contributed by atoms with E-state index >= 15 is 0 Å². The first-order valence-corrected chi connectivity index (χ1v) is 8.31. The van der Waals surface area contributed by atoms with Crippen LogP contribution >= 0.6 is 0 Å². The van der Waals surface area contributed by atoms with Crippen LogP contribution in [-0.2, 0) is 14.3 Å². The van der Waals surface area contributed by atoms with Crippen LogP contribution in [0.25, 0.3) is 0 Å². The van der Waals surface area contributed by atoms with Crippen molar-refractivity contribution in [3.05, 3.63) is 0 Å². The molecule has 0 bridgehead atoms. The number of likely N-dealkylation sites (N-methyl/N-ethyl adjacent to an activating group) is 1. The molecule has 0 saturated carbocycles. The van der Waals surface area contributed by atoms with Gasteiger partial charge in [0.25, 0.3) is 0 Å². The third kappa shape index (κ3) is 15.3. The van der Waals surface area contributed by atoms with Crippen molar-refractivity contribution in [2.45, 2.75) is 51.9 Å². The Morgan fingerprint density at radius 2 is 1.82 bits per heavy atom. The van der Waals surface area contributed by atoms with Gasteiger partial charge >= 0.3 is 5.97 Å².